The summed E-state index contributed by atoms with van der Waals surface area (Å²) in [4.78, 5) is 26.8. The van der Waals surface area contributed by atoms with E-state index in [1.165, 1.54) is 25.3 Å². The lowest BCUT2D eigenvalue weighted by atomic mass is 10.0. The normalized spacial score (nSPS) is 10.3. The van der Waals surface area contributed by atoms with Crippen molar-refractivity contribution in [2.24, 2.45) is 0 Å². The maximum atomic E-state index is 13.8. The topological polar surface area (TPSA) is 85.1 Å². The van der Waals surface area contributed by atoms with Crippen LogP contribution in [-0.2, 0) is 11.2 Å². The molecule has 1 aromatic carbocycles. The Morgan fingerprint density at radius 2 is 1.95 bits per heavy atom. The van der Waals surface area contributed by atoms with Crippen molar-refractivity contribution in [1.82, 2.24) is 4.98 Å². The number of hydrogen-bond acceptors (Lipinski definition) is 4. The largest absolute Gasteiger partial charge is 0.396 e. The van der Waals surface area contributed by atoms with E-state index in [9.17, 15) is 18.4 Å². The number of carbonyl (C=O) groups excluding carboxylic acids is 2. The van der Waals surface area contributed by atoms with E-state index < -0.39 is 23.0 Å². The van der Waals surface area contributed by atoms with Crippen LogP contribution < -0.4 is 11.1 Å². The Morgan fingerprint density at radius 1 is 1.23 bits per heavy atom. The highest BCUT2D eigenvalue weighted by Crippen LogP contribution is 2.20. The molecule has 1 amide bonds. The van der Waals surface area contributed by atoms with Crippen molar-refractivity contribution in [2.75, 3.05) is 11.1 Å². The highest BCUT2D eigenvalue weighted by Gasteiger charge is 2.19. The van der Waals surface area contributed by atoms with Crippen molar-refractivity contribution in [3.63, 3.8) is 0 Å². The highest BCUT2D eigenvalue weighted by atomic mass is 19.1. The predicted molar refractivity (Wildman–Crippen MR) is 77.3 cm³/mol. The summed E-state index contributed by atoms with van der Waals surface area (Å²) in [6.07, 6.45) is 1.12. The van der Waals surface area contributed by atoms with E-state index in [1.807, 2.05) is 0 Å². The summed E-state index contributed by atoms with van der Waals surface area (Å²) >= 11 is 0. The van der Waals surface area contributed by atoms with Gasteiger partial charge in [-0.2, -0.15) is 0 Å². The van der Waals surface area contributed by atoms with Crippen molar-refractivity contribution >= 4 is 23.2 Å². The lowest BCUT2D eigenvalue weighted by Gasteiger charge is -2.07. The van der Waals surface area contributed by atoms with Crippen molar-refractivity contribution in [1.29, 1.82) is 0 Å². The summed E-state index contributed by atoms with van der Waals surface area (Å²) in [6.45, 7) is 1.34. The minimum atomic E-state index is -1.06. The van der Waals surface area contributed by atoms with E-state index in [0.29, 0.717) is 11.4 Å². The van der Waals surface area contributed by atoms with Crippen molar-refractivity contribution < 1.29 is 18.4 Å². The van der Waals surface area contributed by atoms with Crippen LogP contribution in [-0.4, -0.2) is 16.7 Å². The van der Waals surface area contributed by atoms with Crippen LogP contribution in [0.2, 0.25) is 0 Å². The molecule has 0 atom stereocenters. The number of pyridine rings is 1. The van der Waals surface area contributed by atoms with Crippen LogP contribution in [0, 0.1) is 11.6 Å². The van der Waals surface area contributed by atoms with Gasteiger partial charge in [-0.05, 0) is 23.8 Å². The molecule has 0 saturated carbocycles. The van der Waals surface area contributed by atoms with Gasteiger partial charge in [-0.15, -0.1) is 0 Å². The van der Waals surface area contributed by atoms with E-state index in [-0.39, 0.29) is 18.0 Å². The molecule has 1 aromatic heterocycles. The first-order chi connectivity index (χ1) is 10.4. The quantitative estimate of drug-likeness (QED) is 0.670. The molecule has 3 N–H and O–H groups in total. The number of nitrogens with zero attached hydrogens (tertiary/aromatic N) is 1. The number of benzene rings is 1. The van der Waals surface area contributed by atoms with Gasteiger partial charge in [0.1, 0.15) is 11.6 Å². The number of amides is 1. The first-order valence-electron chi connectivity index (χ1n) is 6.37. The number of rotatable bonds is 4. The zero-order valence-corrected chi connectivity index (χ0v) is 11.7. The Balaban J connectivity index is 2.19. The summed E-state index contributed by atoms with van der Waals surface area (Å²) in [7, 11) is 0. The molecule has 0 aliphatic heterocycles. The summed E-state index contributed by atoms with van der Waals surface area (Å²) in [5, 5.41) is 2.47. The molecule has 2 aromatic rings. The van der Waals surface area contributed by atoms with Crippen LogP contribution in [0.15, 0.2) is 30.5 Å². The van der Waals surface area contributed by atoms with E-state index in [4.69, 9.17) is 5.73 Å². The van der Waals surface area contributed by atoms with Gasteiger partial charge in [-0.1, -0.05) is 6.07 Å². The van der Waals surface area contributed by atoms with Crippen molar-refractivity contribution in [2.45, 2.75) is 13.3 Å². The molecular formula is C15H13F2N3O2. The van der Waals surface area contributed by atoms with Gasteiger partial charge in [-0.25, -0.2) is 13.8 Å². The Kier molecular flexibility index (Phi) is 4.45. The summed E-state index contributed by atoms with van der Waals surface area (Å²) in [5.74, 6) is -2.71. The minimum Gasteiger partial charge on any atom is -0.396 e. The highest BCUT2D eigenvalue weighted by molar-refractivity contribution is 5.98. The third kappa shape index (κ3) is 3.43. The number of ketones is 1. The van der Waals surface area contributed by atoms with Crippen LogP contribution in [0.4, 0.5) is 20.3 Å². The Labute approximate surface area is 125 Å². The second-order valence-corrected chi connectivity index (χ2v) is 4.66. The molecule has 0 unspecified atom stereocenters. The van der Waals surface area contributed by atoms with Gasteiger partial charge in [0, 0.05) is 19.5 Å². The number of nitrogens with one attached hydrogen (secondary N) is 1. The van der Waals surface area contributed by atoms with Gasteiger partial charge in [0.25, 0.3) is 0 Å². The maximum absolute atomic E-state index is 13.8. The zero-order valence-electron chi connectivity index (χ0n) is 11.7. The predicted octanol–water partition coefficient (Wildman–Crippen LogP) is 2.33. The van der Waals surface area contributed by atoms with Gasteiger partial charge >= 0.3 is 0 Å². The minimum absolute atomic E-state index is 0.232. The maximum Gasteiger partial charge on any atom is 0.222 e. The Morgan fingerprint density at radius 3 is 2.55 bits per heavy atom. The van der Waals surface area contributed by atoms with Crippen LogP contribution >= 0.6 is 0 Å². The molecular weight excluding hydrogens is 292 g/mol. The zero-order chi connectivity index (χ0) is 16.3. The monoisotopic (exact) mass is 305 g/mol. The van der Waals surface area contributed by atoms with E-state index in [1.54, 1.807) is 0 Å². The molecule has 2 rings (SSSR count). The lowest BCUT2D eigenvalue weighted by molar-refractivity contribution is -0.114. The third-order valence-electron chi connectivity index (χ3n) is 2.89. The van der Waals surface area contributed by atoms with Gasteiger partial charge in [0.2, 0.25) is 5.91 Å². The lowest BCUT2D eigenvalue weighted by Crippen LogP contribution is -2.11. The van der Waals surface area contributed by atoms with Crippen molar-refractivity contribution in [3.8, 4) is 0 Å². The molecule has 0 aliphatic rings. The number of carbonyl (C=O) groups is 2. The van der Waals surface area contributed by atoms with Crippen molar-refractivity contribution in [3.05, 3.63) is 53.2 Å². The number of aromatic nitrogens is 1. The fourth-order valence-electron chi connectivity index (χ4n) is 1.88. The molecule has 0 fully saturated rings. The van der Waals surface area contributed by atoms with E-state index in [0.717, 1.165) is 12.1 Å². The van der Waals surface area contributed by atoms with Crippen LogP contribution in [0.1, 0.15) is 22.8 Å². The van der Waals surface area contributed by atoms with Gasteiger partial charge in [-0.3, -0.25) is 9.59 Å². The molecule has 0 saturated heterocycles. The molecule has 1 heterocycles. The molecule has 0 bridgehead atoms. The molecule has 7 heteroatoms. The molecule has 114 valence electrons. The SMILES string of the molecule is CC(=O)Nc1ccc(CC(=O)c2c(F)ccc(N)c2F)cn1. The van der Waals surface area contributed by atoms with Gasteiger partial charge in [0.15, 0.2) is 11.6 Å². The first-order valence-corrected chi connectivity index (χ1v) is 6.37. The standard InChI is InChI=1S/C15H13F2N3O2/c1-8(21)20-13-5-2-9(7-19-13)6-12(22)14-10(16)3-4-11(18)15(14)17/h2-5,7H,6,18H2,1H3,(H,19,20,21). The first kappa shape index (κ1) is 15.6. The van der Waals surface area contributed by atoms with Crippen LogP contribution in [0.3, 0.4) is 0 Å². The average Bonchev–Trinajstić information content (AvgIpc) is 2.45. The van der Waals surface area contributed by atoms with Crippen LogP contribution in [0.5, 0.6) is 0 Å². The average molecular weight is 305 g/mol. The molecule has 22 heavy (non-hydrogen) atoms. The molecule has 0 spiro atoms. The smallest absolute Gasteiger partial charge is 0.222 e. The second-order valence-electron chi connectivity index (χ2n) is 4.66. The Bertz CT molecular complexity index is 730. The van der Waals surface area contributed by atoms with Gasteiger partial charge in [0.05, 0.1) is 11.3 Å². The number of nitrogens with two attached hydrogens (primary N) is 1. The van der Waals surface area contributed by atoms with Gasteiger partial charge < -0.3 is 11.1 Å². The van der Waals surface area contributed by atoms with E-state index in [2.05, 4.69) is 10.3 Å². The fraction of sp³-hybridized carbons (Fsp3) is 0.133. The van der Waals surface area contributed by atoms with Crippen LogP contribution in [0.25, 0.3) is 0 Å². The number of Topliss-reactive ketones (excluding diaryl/α,β-unsaturated/α-hetero) is 1. The number of anilines is 2. The molecule has 0 aliphatic carbocycles. The summed E-state index contributed by atoms with van der Waals surface area (Å²) in [5.41, 5.74) is 4.85. The molecule has 5 nitrogen and oxygen atoms in total. The second kappa shape index (κ2) is 6.30. The molecule has 0 radical (unpaired) electrons. The number of hydrogen-bond donors (Lipinski definition) is 2. The number of halogens is 2. The summed E-state index contributed by atoms with van der Waals surface area (Å²) in [6, 6.07) is 5.05. The van der Waals surface area contributed by atoms with E-state index >= 15 is 0 Å². The number of nitrogen functional groups attached to an aromatic ring is 1. The third-order valence-corrected chi connectivity index (χ3v) is 2.89. The summed E-state index contributed by atoms with van der Waals surface area (Å²) < 4.78 is 27.4. The Hall–Kier alpha value is -2.83. The fourth-order valence-corrected chi connectivity index (χ4v) is 1.88.